The summed E-state index contributed by atoms with van der Waals surface area (Å²) in [5, 5.41) is 14.4. The van der Waals surface area contributed by atoms with Crippen LogP contribution in [0.15, 0.2) is 49.1 Å². The lowest BCUT2D eigenvalue weighted by molar-refractivity contribution is 0.0556. The van der Waals surface area contributed by atoms with Gasteiger partial charge in [0, 0.05) is 48.3 Å². The fraction of sp³-hybridized carbons (Fsp3) is 0.300. The van der Waals surface area contributed by atoms with E-state index in [0.717, 1.165) is 12.8 Å². The van der Waals surface area contributed by atoms with Gasteiger partial charge in [-0.2, -0.15) is 14.7 Å². The van der Waals surface area contributed by atoms with Crippen LogP contribution in [0.2, 0.25) is 0 Å². The average molecular weight is 582 g/mol. The summed E-state index contributed by atoms with van der Waals surface area (Å²) in [6.07, 6.45) is 7.99. The Kier molecular flexibility index (Phi) is 5.81. The second-order valence-corrected chi connectivity index (χ2v) is 11.2. The molecule has 13 heteroatoms. The molecule has 0 spiro atoms. The standard InChI is InChI=1S/C30H25F2N9O2/c31-20-2-1-3-21(32)24(20)22-7-4-15(12-34-22)19-13-37-41-28(19)38-26(25-23(42)8-9-33-29(25)41)16-10-17-5-6-18(11-16)40(17)30(43)27-35-14-36-39-27/h1-4,7,12-14,16-18,33H,5-6,8-11H2,(H,35,36,39). The number of fused-ring (bicyclic) bond motifs is 5. The number of amides is 1. The number of halogens is 2. The number of anilines is 1. The largest absolute Gasteiger partial charge is 0.369 e. The van der Waals surface area contributed by atoms with E-state index in [2.05, 4.69) is 30.6 Å². The Morgan fingerprint density at radius 3 is 2.47 bits per heavy atom. The fourth-order valence-electron chi connectivity index (χ4n) is 6.97. The smallest absolute Gasteiger partial charge is 0.291 e. The third-order valence-electron chi connectivity index (χ3n) is 8.86. The molecule has 0 radical (unpaired) electrons. The van der Waals surface area contributed by atoms with Gasteiger partial charge in [0.2, 0.25) is 5.82 Å². The highest BCUT2D eigenvalue weighted by molar-refractivity contribution is 6.04. The number of H-pyrrole nitrogens is 1. The molecule has 2 fully saturated rings. The minimum atomic E-state index is -0.688. The normalized spacial score (nSPS) is 21.2. The first kappa shape index (κ1) is 25.6. The van der Waals surface area contributed by atoms with E-state index in [1.54, 1.807) is 29.0 Å². The molecule has 7 heterocycles. The summed E-state index contributed by atoms with van der Waals surface area (Å²) >= 11 is 0. The van der Waals surface area contributed by atoms with E-state index in [-0.39, 0.29) is 46.8 Å². The predicted octanol–water partition coefficient (Wildman–Crippen LogP) is 4.40. The topological polar surface area (TPSA) is 134 Å². The van der Waals surface area contributed by atoms with Crippen LogP contribution in [0, 0.1) is 11.6 Å². The number of carbonyl (C=O) groups excluding carboxylic acids is 2. The zero-order valence-electron chi connectivity index (χ0n) is 22.8. The Balaban J connectivity index is 1.19. The highest BCUT2D eigenvalue weighted by atomic mass is 19.1. The highest BCUT2D eigenvalue weighted by Gasteiger charge is 2.46. The Hall–Kier alpha value is -5.07. The molecule has 3 aliphatic rings. The molecule has 2 N–H and O–H groups in total. The van der Waals surface area contributed by atoms with Crippen LogP contribution in [-0.2, 0) is 0 Å². The van der Waals surface area contributed by atoms with Crippen LogP contribution in [-0.4, -0.2) is 70.0 Å². The van der Waals surface area contributed by atoms with Crippen molar-refractivity contribution in [1.29, 1.82) is 0 Å². The minimum Gasteiger partial charge on any atom is -0.369 e. The van der Waals surface area contributed by atoms with E-state index in [4.69, 9.17) is 4.98 Å². The van der Waals surface area contributed by atoms with E-state index < -0.39 is 11.6 Å². The Morgan fingerprint density at radius 2 is 1.77 bits per heavy atom. The number of rotatable bonds is 4. The molecular weight excluding hydrogens is 556 g/mol. The second-order valence-electron chi connectivity index (χ2n) is 11.2. The van der Waals surface area contributed by atoms with Crippen LogP contribution in [0.3, 0.4) is 0 Å². The molecule has 8 rings (SSSR count). The van der Waals surface area contributed by atoms with Crippen molar-refractivity contribution >= 4 is 23.2 Å². The molecule has 0 aliphatic carbocycles. The molecular formula is C30H25F2N9O2. The molecule has 3 aliphatic heterocycles. The Labute approximate surface area is 243 Å². The minimum absolute atomic E-state index is 0.00146. The number of aromatic amines is 1. The number of Topliss-reactive ketones (excluding diaryl/α,β-unsaturated/α-hetero) is 1. The molecule has 4 aromatic heterocycles. The maximum absolute atomic E-state index is 14.4. The van der Waals surface area contributed by atoms with Crippen molar-refractivity contribution in [3.63, 3.8) is 0 Å². The van der Waals surface area contributed by atoms with Gasteiger partial charge in [0.15, 0.2) is 11.4 Å². The molecule has 43 heavy (non-hydrogen) atoms. The van der Waals surface area contributed by atoms with Crippen molar-refractivity contribution in [2.24, 2.45) is 0 Å². The van der Waals surface area contributed by atoms with E-state index in [1.807, 2.05) is 4.90 Å². The molecule has 2 saturated heterocycles. The average Bonchev–Trinajstić information content (AvgIpc) is 3.75. The van der Waals surface area contributed by atoms with Crippen molar-refractivity contribution in [3.8, 4) is 22.4 Å². The molecule has 2 atom stereocenters. The van der Waals surface area contributed by atoms with Crippen LogP contribution in [0.4, 0.5) is 14.6 Å². The number of piperidine rings is 1. The predicted molar refractivity (Wildman–Crippen MR) is 150 cm³/mol. The van der Waals surface area contributed by atoms with Crippen LogP contribution in [0.1, 0.15) is 64.7 Å². The van der Waals surface area contributed by atoms with Crippen LogP contribution in [0.25, 0.3) is 28.0 Å². The molecule has 11 nitrogen and oxygen atoms in total. The number of hydrogen-bond donors (Lipinski definition) is 2. The number of pyridine rings is 1. The number of nitrogens with zero attached hydrogens (tertiary/aromatic N) is 7. The monoisotopic (exact) mass is 581 g/mol. The van der Waals surface area contributed by atoms with Crippen molar-refractivity contribution in [3.05, 3.63) is 77.8 Å². The lowest BCUT2D eigenvalue weighted by Gasteiger charge is -2.39. The van der Waals surface area contributed by atoms with Crippen molar-refractivity contribution in [2.75, 3.05) is 11.9 Å². The number of aromatic nitrogens is 7. The van der Waals surface area contributed by atoms with Gasteiger partial charge in [0.05, 0.1) is 28.7 Å². The number of benzene rings is 1. The first-order valence-corrected chi connectivity index (χ1v) is 14.3. The van der Waals surface area contributed by atoms with Crippen molar-refractivity contribution < 1.29 is 18.4 Å². The lowest BCUT2D eigenvalue weighted by atomic mass is 9.84. The SMILES string of the molecule is O=C1CCNc2c1c(C1CC3CCC(C1)N3C(=O)c1ncn[nH]1)nc1c(-c3ccc(-c4c(F)cccc4F)nc3)cnn21. The van der Waals surface area contributed by atoms with Crippen molar-refractivity contribution in [1.82, 2.24) is 39.7 Å². The lowest BCUT2D eigenvalue weighted by Crippen LogP contribution is -2.46. The number of carbonyl (C=O) groups is 2. The van der Waals surface area contributed by atoms with Gasteiger partial charge in [0.1, 0.15) is 23.8 Å². The molecule has 0 saturated carbocycles. The van der Waals surface area contributed by atoms with Crippen LogP contribution >= 0.6 is 0 Å². The molecule has 1 amide bonds. The molecule has 2 unspecified atom stereocenters. The number of hydrogen-bond acceptors (Lipinski definition) is 8. The summed E-state index contributed by atoms with van der Waals surface area (Å²) in [5.41, 5.74) is 3.15. The summed E-state index contributed by atoms with van der Waals surface area (Å²) in [6, 6.07) is 7.02. The van der Waals surface area contributed by atoms with Gasteiger partial charge in [-0.15, -0.1) is 0 Å². The Bertz CT molecular complexity index is 1870. The van der Waals surface area contributed by atoms with Gasteiger partial charge in [-0.3, -0.25) is 19.7 Å². The van der Waals surface area contributed by atoms with Gasteiger partial charge in [-0.05, 0) is 43.9 Å². The summed E-state index contributed by atoms with van der Waals surface area (Å²) in [5.74, 6) is -0.719. The third kappa shape index (κ3) is 4.02. The Morgan fingerprint density at radius 1 is 0.977 bits per heavy atom. The van der Waals surface area contributed by atoms with E-state index in [1.165, 1.54) is 24.5 Å². The van der Waals surface area contributed by atoms with Gasteiger partial charge in [0.25, 0.3) is 5.91 Å². The van der Waals surface area contributed by atoms with Crippen LogP contribution < -0.4 is 5.32 Å². The van der Waals surface area contributed by atoms with Crippen LogP contribution in [0.5, 0.6) is 0 Å². The highest BCUT2D eigenvalue weighted by Crippen LogP contribution is 2.45. The fourth-order valence-corrected chi connectivity index (χ4v) is 6.97. The molecule has 216 valence electrons. The third-order valence-corrected chi connectivity index (χ3v) is 8.86. The van der Waals surface area contributed by atoms with E-state index in [9.17, 15) is 18.4 Å². The molecule has 2 bridgehead atoms. The number of ketones is 1. The van der Waals surface area contributed by atoms with E-state index >= 15 is 0 Å². The van der Waals surface area contributed by atoms with Crippen molar-refractivity contribution in [2.45, 2.75) is 50.1 Å². The van der Waals surface area contributed by atoms with Gasteiger partial charge in [-0.1, -0.05) is 12.1 Å². The summed E-state index contributed by atoms with van der Waals surface area (Å²) in [7, 11) is 0. The zero-order chi connectivity index (χ0) is 29.2. The summed E-state index contributed by atoms with van der Waals surface area (Å²) < 4.78 is 30.4. The van der Waals surface area contributed by atoms with Gasteiger partial charge >= 0.3 is 0 Å². The quantitative estimate of drug-likeness (QED) is 0.319. The summed E-state index contributed by atoms with van der Waals surface area (Å²) in [4.78, 5) is 41.9. The number of nitrogens with one attached hydrogen (secondary N) is 2. The first-order valence-electron chi connectivity index (χ1n) is 14.3. The first-order chi connectivity index (χ1) is 21.0. The van der Waals surface area contributed by atoms with Gasteiger partial charge < -0.3 is 10.2 Å². The molecule has 1 aromatic carbocycles. The maximum atomic E-state index is 14.4. The summed E-state index contributed by atoms with van der Waals surface area (Å²) in [6.45, 7) is 0.486. The van der Waals surface area contributed by atoms with Gasteiger partial charge in [-0.25, -0.2) is 18.7 Å². The molecule has 5 aromatic rings. The zero-order valence-corrected chi connectivity index (χ0v) is 22.8. The maximum Gasteiger partial charge on any atom is 0.291 e. The second kappa shape index (κ2) is 9.75. The van der Waals surface area contributed by atoms with E-state index in [0.29, 0.717) is 59.7 Å².